The first-order valence-corrected chi connectivity index (χ1v) is 14.6. The van der Waals surface area contributed by atoms with E-state index in [1.54, 1.807) is 37.1 Å². The molecule has 5 aliphatic rings. The molecule has 6 rings (SSSR count). The number of cyclic esters (lactones) is 1. The summed E-state index contributed by atoms with van der Waals surface area (Å²) in [5.74, 6) is 0.661. The van der Waals surface area contributed by atoms with Gasteiger partial charge >= 0.3 is 5.97 Å². The highest BCUT2D eigenvalue weighted by atomic mass is 35.5. The number of ether oxygens (including phenoxy) is 1. The Morgan fingerprint density at radius 3 is 2.61 bits per heavy atom. The van der Waals surface area contributed by atoms with Gasteiger partial charge in [0.05, 0.1) is 24.0 Å². The molecule has 2 aliphatic carbocycles. The third-order valence-electron chi connectivity index (χ3n) is 8.74. The second kappa shape index (κ2) is 10.7. The van der Waals surface area contributed by atoms with E-state index in [0.29, 0.717) is 41.5 Å². The summed E-state index contributed by atoms with van der Waals surface area (Å²) in [5.41, 5.74) is 2.26. The molecule has 0 spiro atoms. The van der Waals surface area contributed by atoms with Gasteiger partial charge in [-0.3, -0.25) is 9.59 Å². The Morgan fingerprint density at radius 2 is 1.93 bits per heavy atom. The van der Waals surface area contributed by atoms with Crippen LogP contribution >= 0.6 is 11.6 Å². The fraction of sp³-hybridized carbons (Fsp3) is 0.552. The Kier molecular flexibility index (Phi) is 7.17. The van der Waals surface area contributed by atoms with Crippen LogP contribution in [0.2, 0.25) is 5.02 Å². The number of hydrogen-bond acceptors (Lipinski definition) is 9. The number of carbonyl (C=O) groups excluding carboxylic acids is 3. The van der Waals surface area contributed by atoms with Crippen LogP contribution in [0.3, 0.4) is 0 Å². The van der Waals surface area contributed by atoms with Gasteiger partial charge in [0, 0.05) is 57.3 Å². The molecule has 0 radical (unpaired) electrons. The second-order valence-electron chi connectivity index (χ2n) is 11.9. The van der Waals surface area contributed by atoms with Gasteiger partial charge in [0.25, 0.3) is 5.91 Å². The third kappa shape index (κ3) is 5.16. The summed E-state index contributed by atoms with van der Waals surface area (Å²) in [6.45, 7) is 3.66. The van der Waals surface area contributed by atoms with Gasteiger partial charge in [-0.1, -0.05) is 24.6 Å². The molecule has 0 bridgehead atoms. The van der Waals surface area contributed by atoms with Gasteiger partial charge in [0.1, 0.15) is 17.2 Å². The van der Waals surface area contributed by atoms with Gasteiger partial charge in [0.2, 0.25) is 11.9 Å². The van der Waals surface area contributed by atoms with E-state index in [1.807, 2.05) is 19.1 Å². The Hall–Kier alpha value is -3.60. The number of carbonyl (C=O) groups is 3. The number of amides is 2. The first-order chi connectivity index (χ1) is 19.6. The molecule has 1 saturated carbocycles. The Balaban J connectivity index is 1.26. The van der Waals surface area contributed by atoms with Crippen molar-refractivity contribution < 1.29 is 19.1 Å². The van der Waals surface area contributed by atoms with Crippen molar-refractivity contribution in [2.45, 2.75) is 44.7 Å². The van der Waals surface area contributed by atoms with E-state index in [2.05, 4.69) is 20.5 Å². The zero-order chi connectivity index (χ0) is 29.0. The molecule has 12 heteroatoms. The summed E-state index contributed by atoms with van der Waals surface area (Å²) in [6, 6.07) is -0.245. The van der Waals surface area contributed by atoms with E-state index < -0.39 is 5.97 Å². The molecule has 218 valence electrons. The van der Waals surface area contributed by atoms with Crippen LogP contribution in [0.4, 0.5) is 11.8 Å². The fourth-order valence-corrected chi connectivity index (χ4v) is 6.50. The van der Waals surface area contributed by atoms with Gasteiger partial charge in [-0.05, 0) is 37.7 Å². The van der Waals surface area contributed by atoms with Crippen molar-refractivity contribution in [3.8, 4) is 0 Å². The highest BCUT2D eigenvalue weighted by molar-refractivity contribution is 6.32. The molecule has 2 amide bonds. The second-order valence-corrected chi connectivity index (χ2v) is 12.3. The third-order valence-corrected chi connectivity index (χ3v) is 9.02. The Labute approximate surface area is 244 Å². The van der Waals surface area contributed by atoms with Crippen molar-refractivity contribution in [1.29, 1.82) is 0 Å². The minimum atomic E-state index is -0.580. The van der Waals surface area contributed by atoms with E-state index in [0.717, 1.165) is 37.0 Å². The van der Waals surface area contributed by atoms with Crippen LogP contribution in [0.5, 0.6) is 0 Å². The summed E-state index contributed by atoms with van der Waals surface area (Å²) in [4.78, 5) is 53.2. The normalized spacial score (nSPS) is 26.7. The molecular formula is C29H36ClN7O4. The first kappa shape index (κ1) is 27.6. The minimum absolute atomic E-state index is 0.00805. The van der Waals surface area contributed by atoms with Crippen molar-refractivity contribution in [3.05, 3.63) is 45.9 Å². The SMILES string of the molecule is CC1C=C(Nc2nc(N3CCC(C(=O)N(C)C)CC3)ncc2Cl)C=C2C3=C(C(=O)OC[C@H](C4CC4)N3)C(=O)N(C)C21. The zero-order valence-corrected chi connectivity index (χ0v) is 24.6. The quantitative estimate of drug-likeness (QED) is 0.399. The number of fused-ring (bicyclic) bond motifs is 2. The maximum absolute atomic E-state index is 13.3. The van der Waals surface area contributed by atoms with E-state index in [-0.39, 0.29) is 47.9 Å². The predicted octanol–water partition coefficient (Wildman–Crippen LogP) is 2.33. The average Bonchev–Trinajstić information content (AvgIpc) is 3.80. The molecule has 2 N–H and O–H groups in total. The standard InChI is InChI=1S/C29H36ClN7O4/c1-15-11-18(32-25-20(30)13-31-29(34-25)37-9-7-17(8-10-37)26(38)35(2)3)12-19-23-22(27(39)36(4)24(15)19)28(40)41-14-21(33-23)16-5-6-16/h11-13,15-17,21,24,33H,5-10,14H2,1-4H3,(H,31,32,34)/t15?,21-,24?/m1/s1. The summed E-state index contributed by atoms with van der Waals surface area (Å²) in [6.07, 6.45) is 9.24. The summed E-state index contributed by atoms with van der Waals surface area (Å²) < 4.78 is 5.53. The number of nitrogens with one attached hydrogen (secondary N) is 2. The number of piperidine rings is 1. The molecule has 1 aromatic heterocycles. The number of likely N-dealkylation sites (N-methyl/N-ethyl adjacent to an activating group) is 1. The van der Waals surface area contributed by atoms with Gasteiger partial charge in [-0.2, -0.15) is 4.98 Å². The number of hydrogen-bond donors (Lipinski definition) is 2. The van der Waals surface area contributed by atoms with Gasteiger partial charge in [0.15, 0.2) is 5.82 Å². The van der Waals surface area contributed by atoms with Crippen LogP contribution < -0.4 is 15.5 Å². The molecule has 4 heterocycles. The molecule has 3 aliphatic heterocycles. The van der Waals surface area contributed by atoms with E-state index in [1.165, 1.54) is 0 Å². The van der Waals surface area contributed by atoms with Crippen LogP contribution in [0.25, 0.3) is 0 Å². The lowest BCUT2D eigenvalue weighted by Gasteiger charge is -2.41. The van der Waals surface area contributed by atoms with Gasteiger partial charge in [-0.25, -0.2) is 9.78 Å². The number of rotatable bonds is 5. The maximum Gasteiger partial charge on any atom is 0.346 e. The summed E-state index contributed by atoms with van der Waals surface area (Å²) >= 11 is 6.54. The number of aromatic nitrogens is 2. The Bertz CT molecular complexity index is 1380. The molecular weight excluding hydrogens is 546 g/mol. The van der Waals surface area contributed by atoms with Crippen LogP contribution in [-0.4, -0.2) is 90.5 Å². The topological polar surface area (TPSA) is 120 Å². The van der Waals surface area contributed by atoms with Gasteiger partial charge < -0.3 is 30.1 Å². The Morgan fingerprint density at radius 1 is 1.20 bits per heavy atom. The van der Waals surface area contributed by atoms with E-state index >= 15 is 0 Å². The van der Waals surface area contributed by atoms with Crippen molar-refractivity contribution in [2.24, 2.45) is 17.8 Å². The highest BCUT2D eigenvalue weighted by Crippen LogP contribution is 2.41. The molecule has 2 fully saturated rings. The number of nitrogens with zero attached hydrogens (tertiary/aromatic N) is 5. The number of halogens is 1. The number of anilines is 2. The van der Waals surface area contributed by atoms with Crippen LogP contribution in [-0.2, 0) is 19.1 Å². The minimum Gasteiger partial charge on any atom is -0.460 e. The predicted molar refractivity (Wildman–Crippen MR) is 154 cm³/mol. The van der Waals surface area contributed by atoms with Crippen LogP contribution in [0.15, 0.2) is 40.9 Å². The molecule has 1 saturated heterocycles. The maximum atomic E-state index is 13.3. The average molecular weight is 582 g/mol. The fourth-order valence-electron chi connectivity index (χ4n) is 6.36. The van der Waals surface area contributed by atoms with Gasteiger partial charge in [-0.15, -0.1) is 0 Å². The van der Waals surface area contributed by atoms with Crippen LogP contribution in [0, 0.1) is 17.8 Å². The van der Waals surface area contributed by atoms with Crippen molar-refractivity contribution in [3.63, 3.8) is 0 Å². The first-order valence-electron chi connectivity index (χ1n) is 14.3. The lowest BCUT2D eigenvalue weighted by Crippen LogP contribution is -2.51. The monoisotopic (exact) mass is 581 g/mol. The molecule has 3 atom stereocenters. The van der Waals surface area contributed by atoms with Crippen molar-refractivity contribution in [2.75, 3.05) is 51.1 Å². The lowest BCUT2D eigenvalue weighted by molar-refractivity contribution is -0.143. The van der Waals surface area contributed by atoms with Crippen molar-refractivity contribution in [1.82, 2.24) is 25.1 Å². The van der Waals surface area contributed by atoms with Crippen molar-refractivity contribution >= 4 is 41.2 Å². The highest BCUT2D eigenvalue weighted by Gasteiger charge is 2.46. The van der Waals surface area contributed by atoms with E-state index in [9.17, 15) is 14.4 Å². The molecule has 41 heavy (non-hydrogen) atoms. The molecule has 2 unspecified atom stereocenters. The number of allylic oxidation sites excluding steroid dienone is 1. The van der Waals surface area contributed by atoms with Crippen LogP contribution in [0.1, 0.15) is 32.6 Å². The molecule has 1 aromatic rings. The largest absolute Gasteiger partial charge is 0.460 e. The zero-order valence-electron chi connectivity index (χ0n) is 23.8. The van der Waals surface area contributed by atoms with E-state index in [4.69, 9.17) is 21.3 Å². The summed E-state index contributed by atoms with van der Waals surface area (Å²) in [7, 11) is 5.31. The lowest BCUT2D eigenvalue weighted by atomic mass is 9.81. The number of esters is 1. The molecule has 11 nitrogen and oxygen atoms in total. The smallest absolute Gasteiger partial charge is 0.346 e. The summed E-state index contributed by atoms with van der Waals surface area (Å²) in [5, 5.41) is 7.27. The molecule has 0 aromatic carbocycles.